The predicted octanol–water partition coefficient (Wildman–Crippen LogP) is 3.50. The molecule has 4 nitrogen and oxygen atoms in total. The van der Waals surface area contributed by atoms with Gasteiger partial charge < -0.3 is 9.47 Å². The molecule has 0 amide bonds. The third-order valence-corrected chi connectivity index (χ3v) is 2.38. The van der Waals surface area contributed by atoms with Crippen LogP contribution in [0.2, 0.25) is 0 Å². The fraction of sp³-hybridized carbons (Fsp3) is 0.200. The molecule has 0 unspecified atom stereocenters. The number of esters is 1. The molecular formula is C15H16INO3. The molecule has 0 aliphatic carbocycles. The zero-order valence-corrected chi connectivity index (χ0v) is 13.5. The molecule has 0 radical (unpaired) electrons. The Morgan fingerprint density at radius 1 is 1.20 bits per heavy atom. The Kier molecular flexibility index (Phi) is 7.64. The van der Waals surface area contributed by atoms with Crippen LogP contribution in [0.3, 0.4) is 0 Å². The lowest BCUT2D eigenvalue weighted by atomic mass is 10.2. The van der Waals surface area contributed by atoms with Crippen molar-refractivity contribution in [1.82, 2.24) is 4.98 Å². The van der Waals surface area contributed by atoms with Gasteiger partial charge in [-0.05, 0) is 35.3 Å². The van der Waals surface area contributed by atoms with E-state index < -0.39 is 0 Å². The van der Waals surface area contributed by atoms with E-state index in [1.807, 2.05) is 17.1 Å². The largest absolute Gasteiger partial charge is 0.497 e. The number of alkyl halides is 1. The highest BCUT2D eigenvalue weighted by atomic mass is 127. The lowest BCUT2D eigenvalue weighted by molar-refractivity contribution is 0.0467. The van der Waals surface area contributed by atoms with E-state index in [2.05, 4.69) is 27.6 Å². The average Bonchev–Trinajstić information content (AvgIpc) is 2.55. The molecule has 2 rings (SSSR count). The van der Waals surface area contributed by atoms with E-state index >= 15 is 0 Å². The molecule has 0 aliphatic heterocycles. The number of hydrogen-bond donors (Lipinski definition) is 0. The minimum atomic E-state index is -0.389. The molecule has 5 heteroatoms. The molecule has 106 valence electrons. The number of carbonyl (C=O) groups excluding carboxylic acids is 1. The summed E-state index contributed by atoms with van der Waals surface area (Å²) in [5.41, 5.74) is 1.18. The first kappa shape index (κ1) is 16.4. The van der Waals surface area contributed by atoms with Crippen LogP contribution in [0.1, 0.15) is 16.1 Å². The summed E-state index contributed by atoms with van der Waals surface area (Å²) in [6, 6.07) is 12.3. The SMILES string of the molecule is CI.COc1cccc(C(=O)OCc2ccccn2)c1. The summed E-state index contributed by atoms with van der Waals surface area (Å²) in [7, 11) is 1.55. The molecule has 0 saturated heterocycles. The zero-order chi connectivity index (χ0) is 14.8. The molecule has 0 fully saturated rings. The lowest BCUT2D eigenvalue weighted by Gasteiger charge is -2.05. The molecular weight excluding hydrogens is 369 g/mol. The Morgan fingerprint density at radius 2 is 2.00 bits per heavy atom. The van der Waals surface area contributed by atoms with E-state index in [0.717, 1.165) is 0 Å². The fourth-order valence-electron chi connectivity index (χ4n) is 1.46. The molecule has 1 aromatic carbocycles. The van der Waals surface area contributed by atoms with Gasteiger partial charge in [-0.1, -0.05) is 34.7 Å². The van der Waals surface area contributed by atoms with Gasteiger partial charge in [0.25, 0.3) is 0 Å². The normalized spacial score (nSPS) is 9.15. The first-order chi connectivity index (χ1) is 9.79. The van der Waals surface area contributed by atoms with Gasteiger partial charge in [-0.2, -0.15) is 0 Å². The molecule has 20 heavy (non-hydrogen) atoms. The Morgan fingerprint density at radius 3 is 2.65 bits per heavy atom. The third-order valence-electron chi connectivity index (χ3n) is 2.38. The van der Waals surface area contributed by atoms with Gasteiger partial charge in [0.05, 0.1) is 18.4 Å². The van der Waals surface area contributed by atoms with Crippen molar-refractivity contribution in [1.29, 1.82) is 0 Å². The Balaban J connectivity index is 0.000000956. The second-order valence-corrected chi connectivity index (χ2v) is 3.63. The van der Waals surface area contributed by atoms with E-state index in [9.17, 15) is 4.79 Å². The number of rotatable bonds is 4. The molecule has 0 saturated carbocycles. The number of methoxy groups -OCH3 is 1. The quantitative estimate of drug-likeness (QED) is 0.459. The number of hydrogen-bond acceptors (Lipinski definition) is 4. The van der Waals surface area contributed by atoms with Gasteiger partial charge in [-0.3, -0.25) is 4.98 Å². The van der Waals surface area contributed by atoms with Crippen molar-refractivity contribution in [3.8, 4) is 5.75 Å². The highest BCUT2D eigenvalue weighted by Gasteiger charge is 2.08. The van der Waals surface area contributed by atoms with Crippen molar-refractivity contribution in [2.75, 3.05) is 12.0 Å². The van der Waals surface area contributed by atoms with Crippen LogP contribution in [0, 0.1) is 0 Å². The number of aromatic nitrogens is 1. The number of carbonyl (C=O) groups is 1. The second-order valence-electron chi connectivity index (χ2n) is 3.63. The molecule has 0 aliphatic rings. The average molecular weight is 385 g/mol. The summed E-state index contributed by atoms with van der Waals surface area (Å²) in [6.45, 7) is 0.164. The van der Waals surface area contributed by atoms with Crippen molar-refractivity contribution < 1.29 is 14.3 Å². The topological polar surface area (TPSA) is 48.4 Å². The van der Waals surface area contributed by atoms with E-state index in [4.69, 9.17) is 9.47 Å². The van der Waals surface area contributed by atoms with Crippen LogP contribution in [-0.2, 0) is 11.3 Å². The van der Waals surface area contributed by atoms with E-state index in [1.54, 1.807) is 43.6 Å². The van der Waals surface area contributed by atoms with Crippen molar-refractivity contribution in [2.24, 2.45) is 0 Å². The van der Waals surface area contributed by atoms with E-state index in [-0.39, 0.29) is 12.6 Å². The van der Waals surface area contributed by atoms with Gasteiger partial charge in [-0.25, -0.2) is 4.79 Å². The first-order valence-electron chi connectivity index (χ1n) is 5.88. The number of halogens is 1. The smallest absolute Gasteiger partial charge is 0.338 e. The summed E-state index contributed by atoms with van der Waals surface area (Å²) in [6.07, 6.45) is 1.66. The van der Waals surface area contributed by atoms with E-state index in [1.165, 1.54) is 0 Å². The molecule has 1 aromatic heterocycles. The van der Waals surface area contributed by atoms with Crippen LogP contribution >= 0.6 is 22.6 Å². The lowest BCUT2D eigenvalue weighted by Crippen LogP contribution is -2.06. The standard InChI is InChI=1S/C14H13NO3.CH3I/c1-17-13-7-4-5-11(9-13)14(16)18-10-12-6-2-3-8-15-12;1-2/h2-9H,10H2,1H3;1H3. The van der Waals surface area contributed by atoms with Crippen LogP contribution < -0.4 is 4.74 Å². The monoisotopic (exact) mass is 385 g/mol. The second kappa shape index (κ2) is 9.30. The highest BCUT2D eigenvalue weighted by Crippen LogP contribution is 2.13. The molecule has 1 heterocycles. The van der Waals surface area contributed by atoms with Crippen molar-refractivity contribution in [2.45, 2.75) is 6.61 Å². The van der Waals surface area contributed by atoms with Crippen molar-refractivity contribution in [3.05, 3.63) is 59.9 Å². The maximum atomic E-state index is 11.8. The summed E-state index contributed by atoms with van der Waals surface area (Å²) in [5, 5.41) is 0. The van der Waals surface area contributed by atoms with Gasteiger partial charge in [0.1, 0.15) is 12.4 Å². The number of nitrogens with zero attached hydrogens (tertiary/aromatic N) is 1. The molecule has 0 bridgehead atoms. The predicted molar refractivity (Wildman–Crippen MR) is 86.3 cm³/mol. The zero-order valence-electron chi connectivity index (χ0n) is 11.4. The molecule has 0 atom stereocenters. The van der Waals surface area contributed by atoms with Crippen LogP contribution in [-0.4, -0.2) is 23.0 Å². The van der Waals surface area contributed by atoms with Crippen LogP contribution in [0.15, 0.2) is 48.7 Å². The van der Waals surface area contributed by atoms with Crippen LogP contribution in [0.5, 0.6) is 5.75 Å². The summed E-state index contributed by atoms with van der Waals surface area (Å²) >= 11 is 2.15. The Bertz CT molecular complexity index is 532. The van der Waals surface area contributed by atoms with E-state index in [0.29, 0.717) is 17.0 Å². The number of pyridine rings is 1. The maximum Gasteiger partial charge on any atom is 0.338 e. The van der Waals surface area contributed by atoms with Crippen LogP contribution in [0.25, 0.3) is 0 Å². The summed E-state index contributed by atoms with van der Waals surface area (Å²) in [5.74, 6) is 0.238. The van der Waals surface area contributed by atoms with Crippen LogP contribution in [0.4, 0.5) is 0 Å². The van der Waals surface area contributed by atoms with Crippen molar-refractivity contribution in [3.63, 3.8) is 0 Å². The van der Waals surface area contributed by atoms with Gasteiger partial charge in [0, 0.05) is 6.20 Å². The molecule has 0 N–H and O–H groups in total. The van der Waals surface area contributed by atoms with Gasteiger partial charge >= 0.3 is 5.97 Å². The molecule has 0 spiro atoms. The fourth-order valence-corrected chi connectivity index (χ4v) is 1.46. The van der Waals surface area contributed by atoms with Gasteiger partial charge in [-0.15, -0.1) is 0 Å². The maximum absolute atomic E-state index is 11.8. The number of benzene rings is 1. The summed E-state index contributed by atoms with van der Waals surface area (Å²) < 4.78 is 10.2. The Hall–Kier alpha value is -1.63. The minimum Gasteiger partial charge on any atom is -0.497 e. The number of ether oxygens (including phenoxy) is 2. The van der Waals surface area contributed by atoms with Crippen molar-refractivity contribution >= 4 is 28.6 Å². The van der Waals surface area contributed by atoms with Gasteiger partial charge in [0.15, 0.2) is 0 Å². The molecule has 2 aromatic rings. The minimum absolute atomic E-state index is 0.164. The highest BCUT2D eigenvalue weighted by molar-refractivity contribution is 14.1. The summed E-state index contributed by atoms with van der Waals surface area (Å²) in [4.78, 5) is 17.8. The first-order valence-corrected chi connectivity index (χ1v) is 8.04. The third kappa shape index (κ3) is 5.16. The van der Waals surface area contributed by atoms with Gasteiger partial charge in [0.2, 0.25) is 0 Å². The Labute approximate surface area is 132 Å².